The molecular formula is C13H15O4. The van der Waals surface area contributed by atoms with Crippen LogP contribution in [0.3, 0.4) is 0 Å². The molecule has 0 bridgehead atoms. The molecule has 4 heteroatoms. The van der Waals surface area contributed by atoms with Gasteiger partial charge in [-0.2, -0.15) is 0 Å². The van der Waals surface area contributed by atoms with Gasteiger partial charge in [0.2, 0.25) is 0 Å². The Morgan fingerprint density at radius 1 is 1.53 bits per heavy atom. The number of hydrogen-bond acceptors (Lipinski definition) is 3. The fourth-order valence-electron chi connectivity index (χ4n) is 2.14. The topological polar surface area (TPSA) is 66.8 Å². The van der Waals surface area contributed by atoms with Crippen molar-refractivity contribution in [3.05, 3.63) is 36.2 Å². The summed E-state index contributed by atoms with van der Waals surface area (Å²) in [5.74, 6) is -0.396. The Labute approximate surface area is 99.8 Å². The molecule has 4 nitrogen and oxygen atoms in total. The minimum Gasteiger partial charge on any atom is -0.482 e. The van der Waals surface area contributed by atoms with Gasteiger partial charge in [0.05, 0.1) is 5.60 Å². The average Bonchev–Trinajstić information content (AvgIpc) is 2.24. The zero-order chi connectivity index (χ0) is 12.5. The van der Waals surface area contributed by atoms with Crippen molar-refractivity contribution in [1.29, 1.82) is 0 Å². The van der Waals surface area contributed by atoms with Crippen molar-refractivity contribution in [3.8, 4) is 5.75 Å². The molecule has 0 aliphatic heterocycles. The lowest BCUT2D eigenvalue weighted by Crippen LogP contribution is -2.32. The summed E-state index contributed by atoms with van der Waals surface area (Å²) in [5, 5.41) is 18.5. The van der Waals surface area contributed by atoms with Crippen molar-refractivity contribution in [1.82, 2.24) is 0 Å². The number of aliphatic hydroxyl groups is 1. The summed E-state index contributed by atoms with van der Waals surface area (Å²) < 4.78 is 5.23. The number of rotatable bonds is 3. The summed E-state index contributed by atoms with van der Waals surface area (Å²) in [6, 6.07) is 5.48. The normalized spacial score (nSPS) is 22.9. The predicted molar refractivity (Wildman–Crippen MR) is 61.9 cm³/mol. The number of aliphatic carboxylic acids is 1. The number of fused-ring (bicyclic) bond motifs is 1. The molecule has 2 rings (SSSR count). The third-order valence-corrected chi connectivity index (χ3v) is 2.94. The van der Waals surface area contributed by atoms with Crippen molar-refractivity contribution in [2.45, 2.75) is 24.9 Å². The highest BCUT2D eigenvalue weighted by molar-refractivity contribution is 5.68. The van der Waals surface area contributed by atoms with E-state index in [-0.39, 0.29) is 6.61 Å². The van der Waals surface area contributed by atoms with Crippen LogP contribution in [0.1, 0.15) is 17.5 Å². The van der Waals surface area contributed by atoms with Crippen LogP contribution in [-0.2, 0) is 17.6 Å². The molecule has 1 radical (unpaired) electrons. The Morgan fingerprint density at radius 2 is 2.29 bits per heavy atom. The number of carboxylic acid groups (broad SMARTS) is 1. The van der Waals surface area contributed by atoms with Crippen molar-refractivity contribution in [2.24, 2.45) is 0 Å². The Hall–Kier alpha value is -1.55. The van der Waals surface area contributed by atoms with Crippen molar-refractivity contribution >= 4 is 5.97 Å². The summed E-state index contributed by atoms with van der Waals surface area (Å²) in [5.41, 5.74) is 1.05. The highest BCUT2D eigenvalue weighted by atomic mass is 16.5. The fraction of sp³-hybridized carbons (Fsp3) is 0.385. The molecule has 0 saturated heterocycles. The van der Waals surface area contributed by atoms with E-state index in [1.165, 1.54) is 0 Å². The van der Waals surface area contributed by atoms with Gasteiger partial charge >= 0.3 is 5.97 Å². The maximum absolute atomic E-state index is 10.5. The second kappa shape index (κ2) is 4.37. The molecule has 0 unspecified atom stereocenters. The zero-order valence-electron chi connectivity index (χ0n) is 9.48. The van der Waals surface area contributed by atoms with Crippen molar-refractivity contribution in [2.75, 3.05) is 6.61 Å². The molecule has 1 aromatic rings. The molecule has 0 fully saturated rings. The van der Waals surface area contributed by atoms with E-state index in [1.807, 2.05) is 6.07 Å². The summed E-state index contributed by atoms with van der Waals surface area (Å²) in [6.07, 6.45) is 1.70. The number of ether oxygens (including phenoxy) is 1. The molecule has 17 heavy (non-hydrogen) atoms. The number of carboxylic acids is 1. The second-order valence-electron chi connectivity index (χ2n) is 4.48. The van der Waals surface area contributed by atoms with Crippen LogP contribution in [0.25, 0.3) is 0 Å². The van der Waals surface area contributed by atoms with Crippen molar-refractivity contribution in [3.63, 3.8) is 0 Å². The first-order valence-corrected chi connectivity index (χ1v) is 5.51. The Kier molecular flexibility index (Phi) is 3.07. The van der Waals surface area contributed by atoms with Crippen LogP contribution < -0.4 is 4.74 Å². The van der Waals surface area contributed by atoms with Crippen LogP contribution in [0, 0.1) is 6.92 Å². The largest absolute Gasteiger partial charge is 0.482 e. The number of carbonyl (C=O) groups is 1. The molecule has 1 aliphatic rings. The lowest BCUT2D eigenvalue weighted by Gasteiger charge is -2.30. The maximum atomic E-state index is 10.5. The van der Waals surface area contributed by atoms with Gasteiger partial charge in [-0.25, -0.2) is 4.79 Å². The predicted octanol–water partition coefficient (Wildman–Crippen LogP) is 1.20. The Balaban J connectivity index is 2.23. The monoisotopic (exact) mass is 235 g/mol. The third-order valence-electron chi connectivity index (χ3n) is 2.94. The Bertz CT molecular complexity index is 437. The van der Waals surface area contributed by atoms with E-state index < -0.39 is 11.6 Å². The van der Waals surface area contributed by atoms with Gasteiger partial charge < -0.3 is 14.9 Å². The van der Waals surface area contributed by atoms with Gasteiger partial charge in [0.1, 0.15) is 5.75 Å². The fourth-order valence-corrected chi connectivity index (χ4v) is 2.14. The van der Waals surface area contributed by atoms with Gasteiger partial charge in [0.25, 0.3) is 0 Å². The first kappa shape index (κ1) is 11.9. The van der Waals surface area contributed by atoms with Crippen LogP contribution in [0.5, 0.6) is 5.75 Å². The molecule has 1 atom stereocenters. The first-order valence-electron chi connectivity index (χ1n) is 5.51. The van der Waals surface area contributed by atoms with E-state index >= 15 is 0 Å². The summed E-state index contributed by atoms with van der Waals surface area (Å²) in [4.78, 5) is 10.5. The molecule has 0 aromatic heterocycles. The van der Waals surface area contributed by atoms with Crippen molar-refractivity contribution < 1.29 is 19.7 Å². The minimum absolute atomic E-state index is 0.342. The van der Waals surface area contributed by atoms with Gasteiger partial charge in [0, 0.05) is 6.42 Å². The maximum Gasteiger partial charge on any atom is 0.341 e. The highest BCUT2D eigenvalue weighted by Crippen LogP contribution is 2.33. The van der Waals surface area contributed by atoms with Crippen LogP contribution in [0.4, 0.5) is 0 Å². The smallest absolute Gasteiger partial charge is 0.341 e. The molecule has 1 aromatic carbocycles. The lowest BCUT2D eigenvalue weighted by molar-refractivity contribution is -0.139. The van der Waals surface area contributed by atoms with Gasteiger partial charge in [0.15, 0.2) is 6.61 Å². The van der Waals surface area contributed by atoms with E-state index in [0.29, 0.717) is 25.0 Å². The number of hydrogen-bond donors (Lipinski definition) is 2. The lowest BCUT2D eigenvalue weighted by atomic mass is 9.81. The van der Waals surface area contributed by atoms with E-state index in [9.17, 15) is 9.90 Å². The van der Waals surface area contributed by atoms with Gasteiger partial charge in [-0.3, -0.25) is 0 Å². The second-order valence-corrected chi connectivity index (χ2v) is 4.48. The molecule has 0 saturated carbocycles. The molecule has 0 amide bonds. The highest BCUT2D eigenvalue weighted by Gasteiger charge is 2.28. The SMILES string of the molecule is [CH2][C@]1(O)CCc2c(cccc2OCC(=O)O)C1. The zero-order valence-corrected chi connectivity index (χ0v) is 9.48. The average molecular weight is 235 g/mol. The van der Waals surface area contributed by atoms with Crippen LogP contribution in [0.2, 0.25) is 0 Å². The van der Waals surface area contributed by atoms with E-state index in [0.717, 1.165) is 11.1 Å². The Morgan fingerprint density at radius 3 is 3.00 bits per heavy atom. The van der Waals surface area contributed by atoms with E-state index in [2.05, 4.69) is 6.92 Å². The van der Waals surface area contributed by atoms with Gasteiger partial charge in [-0.05, 0) is 37.0 Å². The van der Waals surface area contributed by atoms with Crippen LogP contribution in [-0.4, -0.2) is 28.4 Å². The van der Waals surface area contributed by atoms with Crippen LogP contribution >= 0.6 is 0 Å². The molecule has 1 aliphatic carbocycles. The molecule has 2 N–H and O–H groups in total. The summed E-state index contributed by atoms with van der Waals surface area (Å²) >= 11 is 0. The third kappa shape index (κ3) is 2.77. The molecule has 91 valence electrons. The van der Waals surface area contributed by atoms with Crippen LogP contribution in [0.15, 0.2) is 18.2 Å². The summed E-state index contributed by atoms with van der Waals surface area (Å²) in [7, 11) is 0. The first-order chi connectivity index (χ1) is 7.98. The van der Waals surface area contributed by atoms with Gasteiger partial charge in [-0.1, -0.05) is 12.1 Å². The van der Waals surface area contributed by atoms with Gasteiger partial charge in [-0.15, -0.1) is 0 Å². The minimum atomic E-state index is -0.993. The summed E-state index contributed by atoms with van der Waals surface area (Å²) in [6.45, 7) is 3.41. The molecule has 0 spiro atoms. The molecular weight excluding hydrogens is 220 g/mol. The number of benzene rings is 1. The molecule has 0 heterocycles. The van der Waals surface area contributed by atoms with E-state index in [4.69, 9.17) is 9.84 Å². The quantitative estimate of drug-likeness (QED) is 0.826. The van der Waals surface area contributed by atoms with E-state index in [1.54, 1.807) is 12.1 Å². The standard InChI is InChI=1S/C13H15O4/c1-13(16)6-5-10-9(7-13)3-2-4-11(10)17-8-12(14)15/h2-4,16H,1,5-8H2,(H,14,15)/t13-/m0/s1.